The Balaban J connectivity index is 2.17. The van der Waals surface area contributed by atoms with Crippen LogP contribution in [0.25, 0.3) is 0 Å². The van der Waals surface area contributed by atoms with Gasteiger partial charge in [-0.3, -0.25) is 0 Å². The lowest BCUT2D eigenvalue weighted by molar-refractivity contribution is 0.255. The summed E-state index contributed by atoms with van der Waals surface area (Å²) < 4.78 is 21.8. The molecule has 2 rings (SSSR count). The summed E-state index contributed by atoms with van der Waals surface area (Å²) in [6.45, 7) is 0.153. The number of rotatable bonds is 4. The van der Waals surface area contributed by atoms with E-state index in [1.54, 1.807) is 12.1 Å². The minimum absolute atomic E-state index is 0.0711. The third kappa shape index (κ3) is 2.56. The molecule has 0 aromatic heterocycles. The average Bonchev–Trinajstić information content (AvgIpc) is 2.97. The van der Waals surface area contributed by atoms with E-state index >= 15 is 0 Å². The Bertz CT molecular complexity index is 474. The summed E-state index contributed by atoms with van der Waals surface area (Å²) >= 11 is 0. The van der Waals surface area contributed by atoms with E-state index in [2.05, 4.69) is 0 Å². The second kappa shape index (κ2) is 4.02. The molecule has 1 fully saturated rings. The number of aliphatic hydroxyl groups is 1. The highest BCUT2D eigenvalue weighted by molar-refractivity contribution is 8.13. The van der Waals surface area contributed by atoms with Gasteiger partial charge < -0.3 is 5.11 Å². The monoisotopic (exact) mass is 260 g/mol. The quantitative estimate of drug-likeness (QED) is 0.840. The van der Waals surface area contributed by atoms with Crippen LogP contribution < -0.4 is 0 Å². The molecule has 0 heterocycles. The lowest BCUT2D eigenvalue weighted by Crippen LogP contribution is -2.11. The maximum atomic E-state index is 10.9. The van der Waals surface area contributed by atoms with Crippen molar-refractivity contribution in [2.24, 2.45) is 0 Å². The van der Waals surface area contributed by atoms with Crippen molar-refractivity contribution < 1.29 is 13.5 Å². The van der Waals surface area contributed by atoms with Gasteiger partial charge in [0.1, 0.15) is 0 Å². The molecule has 16 heavy (non-hydrogen) atoms. The fourth-order valence-electron chi connectivity index (χ4n) is 1.84. The number of aliphatic hydroxyl groups excluding tert-OH is 1. The molecular weight excluding hydrogens is 248 g/mol. The van der Waals surface area contributed by atoms with Crippen LogP contribution in [-0.4, -0.2) is 20.1 Å². The molecule has 0 saturated heterocycles. The first kappa shape index (κ1) is 11.9. The summed E-state index contributed by atoms with van der Waals surface area (Å²) in [5.74, 6) is -0.152. The standard InChI is InChI=1S/C11H13ClO3S/c12-16(14,15)7-9-1-3-10(4-2-9)11(8-13)5-6-11/h1-4,13H,5-8H2. The molecule has 88 valence electrons. The second-order valence-corrected chi connectivity index (χ2v) is 7.10. The van der Waals surface area contributed by atoms with Gasteiger partial charge >= 0.3 is 0 Å². The van der Waals surface area contributed by atoms with E-state index in [1.165, 1.54) is 0 Å². The highest BCUT2D eigenvalue weighted by atomic mass is 35.7. The Labute approximate surface area is 99.5 Å². The molecule has 1 aromatic carbocycles. The van der Waals surface area contributed by atoms with Crippen molar-refractivity contribution in [1.29, 1.82) is 0 Å². The van der Waals surface area contributed by atoms with E-state index in [9.17, 15) is 13.5 Å². The molecule has 1 aliphatic carbocycles. The minimum Gasteiger partial charge on any atom is -0.395 e. The molecule has 0 spiro atoms. The Morgan fingerprint density at radius 1 is 1.25 bits per heavy atom. The Morgan fingerprint density at radius 3 is 2.19 bits per heavy atom. The third-order valence-corrected chi connectivity index (χ3v) is 4.07. The molecule has 5 heteroatoms. The zero-order valence-electron chi connectivity index (χ0n) is 8.69. The highest BCUT2D eigenvalue weighted by Gasteiger charge is 2.43. The van der Waals surface area contributed by atoms with E-state index in [0.717, 1.165) is 18.4 Å². The topological polar surface area (TPSA) is 54.4 Å². The molecule has 0 atom stereocenters. The molecule has 0 radical (unpaired) electrons. The van der Waals surface area contributed by atoms with E-state index < -0.39 is 9.05 Å². The first-order valence-corrected chi connectivity index (χ1v) is 7.56. The van der Waals surface area contributed by atoms with Crippen LogP contribution in [0.1, 0.15) is 24.0 Å². The average molecular weight is 261 g/mol. The number of hydrogen-bond donors (Lipinski definition) is 1. The molecule has 1 aromatic rings. The van der Waals surface area contributed by atoms with Crippen molar-refractivity contribution in [2.75, 3.05) is 6.61 Å². The van der Waals surface area contributed by atoms with Crippen LogP contribution in [-0.2, 0) is 20.2 Å². The van der Waals surface area contributed by atoms with Gasteiger partial charge in [-0.1, -0.05) is 24.3 Å². The lowest BCUT2D eigenvalue weighted by Gasteiger charge is -2.12. The van der Waals surface area contributed by atoms with Crippen molar-refractivity contribution in [3.8, 4) is 0 Å². The Kier molecular flexibility index (Phi) is 2.99. The zero-order valence-corrected chi connectivity index (χ0v) is 10.3. The molecule has 3 nitrogen and oxygen atoms in total. The van der Waals surface area contributed by atoms with Crippen LogP contribution in [0.2, 0.25) is 0 Å². The van der Waals surface area contributed by atoms with Crippen molar-refractivity contribution in [3.63, 3.8) is 0 Å². The lowest BCUT2D eigenvalue weighted by atomic mass is 9.96. The van der Waals surface area contributed by atoms with E-state index in [4.69, 9.17) is 10.7 Å². The fourth-order valence-corrected chi connectivity index (χ4v) is 2.81. The van der Waals surface area contributed by atoms with Crippen LogP contribution in [0.5, 0.6) is 0 Å². The largest absolute Gasteiger partial charge is 0.395 e. The second-order valence-electron chi connectivity index (χ2n) is 4.32. The first-order chi connectivity index (χ1) is 7.45. The predicted octanol–water partition coefficient (Wildman–Crippen LogP) is 1.78. The Hall–Kier alpha value is -0.580. The predicted molar refractivity (Wildman–Crippen MR) is 62.9 cm³/mol. The van der Waals surface area contributed by atoms with Crippen molar-refractivity contribution in [2.45, 2.75) is 24.0 Å². The Morgan fingerprint density at radius 2 is 1.81 bits per heavy atom. The normalized spacial score (nSPS) is 18.4. The van der Waals surface area contributed by atoms with E-state index in [-0.39, 0.29) is 17.8 Å². The maximum Gasteiger partial charge on any atom is 0.236 e. The van der Waals surface area contributed by atoms with E-state index in [1.807, 2.05) is 12.1 Å². The molecule has 0 amide bonds. The summed E-state index contributed by atoms with van der Waals surface area (Å²) in [4.78, 5) is 0. The van der Waals surface area contributed by atoms with Crippen LogP contribution in [0, 0.1) is 0 Å². The highest BCUT2D eigenvalue weighted by Crippen LogP contribution is 2.47. The van der Waals surface area contributed by atoms with Crippen molar-refractivity contribution in [3.05, 3.63) is 35.4 Å². The SMILES string of the molecule is O=S(=O)(Cl)Cc1ccc(C2(CO)CC2)cc1. The maximum absolute atomic E-state index is 10.9. The summed E-state index contributed by atoms with van der Waals surface area (Å²) in [5.41, 5.74) is 1.68. The van der Waals surface area contributed by atoms with Gasteiger partial charge in [0.05, 0.1) is 12.4 Å². The zero-order chi connectivity index (χ0) is 11.8. The summed E-state index contributed by atoms with van der Waals surface area (Å²) in [6.07, 6.45) is 1.99. The van der Waals surface area contributed by atoms with Crippen LogP contribution in [0.4, 0.5) is 0 Å². The van der Waals surface area contributed by atoms with Gasteiger partial charge in [-0.25, -0.2) is 8.42 Å². The van der Waals surface area contributed by atoms with Crippen molar-refractivity contribution in [1.82, 2.24) is 0 Å². The van der Waals surface area contributed by atoms with Crippen LogP contribution in [0.15, 0.2) is 24.3 Å². The molecule has 1 saturated carbocycles. The summed E-state index contributed by atoms with van der Waals surface area (Å²) in [7, 11) is 1.68. The molecule has 0 unspecified atom stereocenters. The smallest absolute Gasteiger partial charge is 0.236 e. The molecule has 0 bridgehead atoms. The van der Waals surface area contributed by atoms with Crippen LogP contribution in [0.3, 0.4) is 0 Å². The van der Waals surface area contributed by atoms with Crippen LogP contribution >= 0.6 is 10.7 Å². The minimum atomic E-state index is -3.49. The molecular formula is C11H13ClO3S. The van der Waals surface area contributed by atoms with Gasteiger partial charge in [0, 0.05) is 16.1 Å². The first-order valence-electron chi connectivity index (χ1n) is 5.08. The van der Waals surface area contributed by atoms with Gasteiger partial charge in [-0.05, 0) is 24.0 Å². The van der Waals surface area contributed by atoms with Crippen molar-refractivity contribution >= 4 is 19.7 Å². The molecule has 1 N–H and O–H groups in total. The van der Waals surface area contributed by atoms with Gasteiger partial charge in [0.2, 0.25) is 9.05 Å². The van der Waals surface area contributed by atoms with Gasteiger partial charge in [-0.15, -0.1) is 0 Å². The third-order valence-electron chi connectivity index (χ3n) is 3.06. The molecule has 1 aliphatic rings. The summed E-state index contributed by atoms with van der Waals surface area (Å²) in [5, 5.41) is 9.25. The van der Waals surface area contributed by atoms with Gasteiger partial charge in [-0.2, -0.15) is 0 Å². The molecule has 0 aliphatic heterocycles. The summed E-state index contributed by atoms with van der Waals surface area (Å²) in [6, 6.07) is 7.26. The number of halogens is 1. The van der Waals surface area contributed by atoms with Gasteiger partial charge in [0.25, 0.3) is 0 Å². The van der Waals surface area contributed by atoms with E-state index in [0.29, 0.717) is 5.56 Å². The fraction of sp³-hybridized carbons (Fsp3) is 0.455. The van der Waals surface area contributed by atoms with Gasteiger partial charge in [0.15, 0.2) is 0 Å². The number of hydrogen-bond acceptors (Lipinski definition) is 3. The number of benzene rings is 1.